The minimum Gasteiger partial charge on any atom is -0.490 e. The van der Waals surface area contributed by atoms with E-state index in [1.807, 2.05) is 19.9 Å². The Morgan fingerprint density at radius 2 is 2.11 bits per heavy atom. The zero-order chi connectivity index (χ0) is 13.8. The summed E-state index contributed by atoms with van der Waals surface area (Å²) in [6.07, 6.45) is 0. The molecule has 1 aromatic carbocycles. The summed E-state index contributed by atoms with van der Waals surface area (Å²) in [6, 6.07) is 9.16. The Bertz CT molecular complexity index is 679. The number of thiazole rings is 1. The first-order valence-corrected chi connectivity index (χ1v) is 6.74. The van der Waals surface area contributed by atoms with Crippen LogP contribution in [-0.4, -0.2) is 11.2 Å². The number of hydrogen-bond donors (Lipinski definition) is 0. The summed E-state index contributed by atoms with van der Waals surface area (Å²) in [4.78, 5) is 12.8. The maximum atomic E-state index is 11.7. The third kappa shape index (κ3) is 2.85. The van der Waals surface area contributed by atoms with Gasteiger partial charge < -0.3 is 4.74 Å². The summed E-state index contributed by atoms with van der Waals surface area (Å²) in [5, 5.41) is 8.94. The molecule has 0 bridgehead atoms. The number of nitriles is 1. The highest BCUT2D eigenvalue weighted by atomic mass is 32.1. The van der Waals surface area contributed by atoms with E-state index in [0.717, 1.165) is 10.6 Å². The Morgan fingerprint density at radius 1 is 1.37 bits per heavy atom. The number of aromatic nitrogens is 1. The van der Waals surface area contributed by atoms with Crippen LogP contribution in [0.15, 0.2) is 29.1 Å². The van der Waals surface area contributed by atoms with Crippen molar-refractivity contribution in [3.05, 3.63) is 50.1 Å². The van der Waals surface area contributed by atoms with E-state index in [9.17, 15) is 4.79 Å². The summed E-state index contributed by atoms with van der Waals surface area (Å²) >= 11 is 1.25. The molecule has 1 aromatic heterocycles. The average molecular weight is 274 g/mol. The number of rotatable bonds is 4. The van der Waals surface area contributed by atoms with Crippen molar-refractivity contribution in [3.8, 4) is 11.8 Å². The normalized spacial score (nSPS) is 10.2. The van der Waals surface area contributed by atoms with E-state index < -0.39 is 0 Å². The highest BCUT2D eigenvalue weighted by Gasteiger charge is 2.08. The minimum absolute atomic E-state index is 0.0344. The smallest absolute Gasteiger partial charge is 0.307 e. The van der Waals surface area contributed by atoms with Gasteiger partial charge in [-0.25, -0.2) is 0 Å². The van der Waals surface area contributed by atoms with E-state index in [1.54, 1.807) is 22.8 Å². The van der Waals surface area contributed by atoms with E-state index >= 15 is 0 Å². The maximum Gasteiger partial charge on any atom is 0.307 e. The maximum absolute atomic E-state index is 11.7. The molecule has 0 aliphatic heterocycles. The van der Waals surface area contributed by atoms with Crippen LogP contribution in [0.3, 0.4) is 0 Å². The molecule has 0 atom stereocenters. The van der Waals surface area contributed by atoms with Crippen molar-refractivity contribution < 1.29 is 4.74 Å². The summed E-state index contributed by atoms with van der Waals surface area (Å²) < 4.78 is 7.28. The standard InChI is InChI=1S/C14H14N2O2S/c1-10-11(2)19-14(17)16(10)7-8-18-13-6-4-3-5-12(13)9-15/h3-6H,7-8H2,1-2H3. The summed E-state index contributed by atoms with van der Waals surface area (Å²) in [7, 11) is 0. The van der Waals surface area contributed by atoms with Gasteiger partial charge in [0.25, 0.3) is 0 Å². The van der Waals surface area contributed by atoms with Crippen molar-refractivity contribution in [2.24, 2.45) is 0 Å². The van der Waals surface area contributed by atoms with E-state index in [0.29, 0.717) is 24.5 Å². The third-order valence-electron chi connectivity index (χ3n) is 2.96. The number of para-hydroxylation sites is 1. The average Bonchev–Trinajstić information content (AvgIpc) is 2.65. The molecule has 4 nitrogen and oxygen atoms in total. The van der Waals surface area contributed by atoms with Gasteiger partial charge in [0.1, 0.15) is 18.4 Å². The number of benzene rings is 1. The van der Waals surface area contributed by atoms with Gasteiger partial charge in [-0.1, -0.05) is 23.5 Å². The number of nitrogens with zero attached hydrogens (tertiary/aromatic N) is 2. The molecule has 0 aliphatic carbocycles. The number of hydrogen-bond acceptors (Lipinski definition) is 4. The molecular formula is C14H14N2O2S. The lowest BCUT2D eigenvalue weighted by Gasteiger charge is -2.09. The van der Waals surface area contributed by atoms with Crippen LogP contribution in [0, 0.1) is 25.2 Å². The fourth-order valence-electron chi connectivity index (χ4n) is 1.78. The molecule has 0 saturated heterocycles. The van der Waals surface area contributed by atoms with Crippen molar-refractivity contribution in [3.63, 3.8) is 0 Å². The number of aryl methyl sites for hydroxylation is 1. The van der Waals surface area contributed by atoms with Crippen LogP contribution in [0.5, 0.6) is 5.75 Å². The lowest BCUT2D eigenvalue weighted by Crippen LogP contribution is -2.19. The van der Waals surface area contributed by atoms with Crippen molar-refractivity contribution >= 4 is 11.3 Å². The number of ether oxygens (including phenoxy) is 1. The van der Waals surface area contributed by atoms with Crippen molar-refractivity contribution in [1.29, 1.82) is 5.26 Å². The minimum atomic E-state index is 0.0344. The van der Waals surface area contributed by atoms with Crippen LogP contribution >= 0.6 is 11.3 Å². The third-order valence-corrected chi connectivity index (χ3v) is 3.95. The molecule has 0 N–H and O–H groups in total. The Morgan fingerprint density at radius 3 is 2.74 bits per heavy atom. The molecule has 0 amide bonds. The lowest BCUT2D eigenvalue weighted by atomic mass is 10.2. The zero-order valence-electron chi connectivity index (χ0n) is 10.8. The van der Waals surface area contributed by atoms with Gasteiger partial charge in [0.15, 0.2) is 0 Å². The van der Waals surface area contributed by atoms with Gasteiger partial charge in [-0.15, -0.1) is 0 Å². The molecule has 19 heavy (non-hydrogen) atoms. The molecule has 0 unspecified atom stereocenters. The van der Waals surface area contributed by atoms with Gasteiger partial charge in [0.2, 0.25) is 0 Å². The molecule has 0 saturated carbocycles. The Hall–Kier alpha value is -2.06. The van der Waals surface area contributed by atoms with Crippen LogP contribution in [-0.2, 0) is 6.54 Å². The molecule has 5 heteroatoms. The largest absolute Gasteiger partial charge is 0.490 e. The van der Waals surface area contributed by atoms with Gasteiger partial charge in [0, 0.05) is 10.6 Å². The molecule has 1 heterocycles. The topological polar surface area (TPSA) is 55.0 Å². The van der Waals surface area contributed by atoms with Gasteiger partial charge in [-0.3, -0.25) is 9.36 Å². The van der Waals surface area contributed by atoms with Gasteiger partial charge in [-0.2, -0.15) is 5.26 Å². The van der Waals surface area contributed by atoms with E-state index in [-0.39, 0.29) is 4.87 Å². The zero-order valence-corrected chi connectivity index (χ0v) is 11.7. The molecule has 0 spiro atoms. The summed E-state index contributed by atoms with van der Waals surface area (Å²) in [6.45, 7) is 4.73. The van der Waals surface area contributed by atoms with E-state index in [2.05, 4.69) is 6.07 Å². The van der Waals surface area contributed by atoms with Crippen LogP contribution in [0.1, 0.15) is 16.1 Å². The second-order valence-electron chi connectivity index (χ2n) is 4.12. The van der Waals surface area contributed by atoms with Crippen molar-refractivity contribution in [2.75, 3.05) is 6.61 Å². The van der Waals surface area contributed by atoms with E-state index in [4.69, 9.17) is 10.00 Å². The van der Waals surface area contributed by atoms with Crippen LogP contribution < -0.4 is 9.61 Å². The molecule has 0 fully saturated rings. The second-order valence-corrected chi connectivity index (χ2v) is 5.28. The first kappa shape index (κ1) is 13.4. The highest BCUT2D eigenvalue weighted by molar-refractivity contribution is 7.09. The van der Waals surface area contributed by atoms with Crippen molar-refractivity contribution in [2.45, 2.75) is 20.4 Å². The second kappa shape index (κ2) is 5.72. The molecule has 98 valence electrons. The lowest BCUT2D eigenvalue weighted by molar-refractivity contribution is 0.295. The predicted octanol–water partition coefficient (Wildman–Crippen LogP) is 2.48. The SMILES string of the molecule is Cc1sc(=O)n(CCOc2ccccc2C#N)c1C. The first-order chi connectivity index (χ1) is 9.13. The van der Waals surface area contributed by atoms with Crippen LogP contribution in [0.4, 0.5) is 0 Å². The van der Waals surface area contributed by atoms with Gasteiger partial charge >= 0.3 is 4.87 Å². The molecular weight excluding hydrogens is 260 g/mol. The summed E-state index contributed by atoms with van der Waals surface area (Å²) in [5.74, 6) is 0.558. The Labute approximate surface area is 115 Å². The van der Waals surface area contributed by atoms with Crippen molar-refractivity contribution in [1.82, 2.24) is 4.57 Å². The quantitative estimate of drug-likeness (QED) is 0.860. The Balaban J connectivity index is 2.05. The van der Waals surface area contributed by atoms with Gasteiger partial charge in [0.05, 0.1) is 12.1 Å². The van der Waals surface area contributed by atoms with Gasteiger partial charge in [-0.05, 0) is 26.0 Å². The fraction of sp³-hybridized carbons (Fsp3) is 0.286. The molecule has 2 aromatic rings. The molecule has 0 radical (unpaired) electrons. The van der Waals surface area contributed by atoms with Crippen LogP contribution in [0.25, 0.3) is 0 Å². The molecule has 2 rings (SSSR count). The highest BCUT2D eigenvalue weighted by Crippen LogP contribution is 2.16. The van der Waals surface area contributed by atoms with E-state index in [1.165, 1.54) is 11.3 Å². The first-order valence-electron chi connectivity index (χ1n) is 5.92. The monoisotopic (exact) mass is 274 g/mol. The summed E-state index contributed by atoms with van der Waals surface area (Å²) in [5.41, 5.74) is 1.49. The Kier molecular flexibility index (Phi) is 4.03. The predicted molar refractivity (Wildman–Crippen MR) is 74.7 cm³/mol. The van der Waals surface area contributed by atoms with Crippen LogP contribution in [0.2, 0.25) is 0 Å². The molecule has 0 aliphatic rings. The fourth-order valence-corrected chi connectivity index (χ4v) is 2.64.